The van der Waals surface area contributed by atoms with Gasteiger partial charge in [0.05, 0.1) is 11.3 Å². The average molecular weight is 340 g/mol. The van der Waals surface area contributed by atoms with Gasteiger partial charge >= 0.3 is 0 Å². The zero-order valence-electron chi connectivity index (χ0n) is 13.7. The summed E-state index contributed by atoms with van der Waals surface area (Å²) in [5, 5.41) is 16.8. The van der Waals surface area contributed by atoms with Crippen molar-refractivity contribution in [2.75, 3.05) is 24.3 Å². The van der Waals surface area contributed by atoms with Crippen molar-refractivity contribution in [2.45, 2.75) is 6.42 Å². The Hall–Kier alpha value is -3.42. The smallest absolute Gasteiger partial charge is 0.293 e. The maximum Gasteiger partial charge on any atom is 0.293 e. The topological polar surface area (TPSA) is 105 Å². The normalized spacial score (nSPS) is 12.7. The van der Waals surface area contributed by atoms with Crippen LogP contribution in [-0.2, 0) is 11.2 Å². The molecule has 1 heterocycles. The maximum absolute atomic E-state index is 11.8. The molecule has 0 saturated carbocycles. The lowest BCUT2D eigenvalue weighted by Crippen LogP contribution is -2.20. The highest BCUT2D eigenvalue weighted by atomic mass is 16.6. The molecule has 0 aromatic heterocycles. The number of nitrogens with one attached hydrogen (secondary N) is 2. The number of fused-ring (bicyclic) bond motifs is 1. The van der Waals surface area contributed by atoms with Gasteiger partial charge in [-0.25, -0.2) is 0 Å². The van der Waals surface area contributed by atoms with Crippen LogP contribution in [0, 0.1) is 10.1 Å². The van der Waals surface area contributed by atoms with Crippen LogP contribution in [0.5, 0.6) is 0 Å². The summed E-state index contributed by atoms with van der Waals surface area (Å²) in [6, 6.07) is 9.59. The van der Waals surface area contributed by atoms with Crippen LogP contribution in [0.2, 0.25) is 0 Å². The number of nitro groups is 1. The molecule has 2 aromatic carbocycles. The summed E-state index contributed by atoms with van der Waals surface area (Å²) >= 11 is 0. The first-order valence-corrected chi connectivity index (χ1v) is 7.57. The molecule has 2 N–H and O–H groups in total. The first kappa shape index (κ1) is 16.4. The van der Waals surface area contributed by atoms with E-state index in [1.807, 2.05) is 0 Å². The Morgan fingerprint density at radius 1 is 1.24 bits per heavy atom. The lowest BCUT2D eigenvalue weighted by Gasteiger charge is -2.12. The number of benzene rings is 2. The van der Waals surface area contributed by atoms with Crippen molar-refractivity contribution >= 4 is 34.6 Å². The summed E-state index contributed by atoms with van der Waals surface area (Å²) < 4.78 is 0. The zero-order valence-corrected chi connectivity index (χ0v) is 13.7. The first-order chi connectivity index (χ1) is 11.9. The standard InChI is InChI=1S/C17H16N4O4/c1-18-17(23)10-3-5-13(15(8-10)21(24)25)19-12-4-6-14-11(7-12)9-16(22)20(14)2/h3-8,19H,9H2,1-2H3,(H,18,23). The van der Waals surface area contributed by atoms with Gasteiger partial charge in [0, 0.05) is 37.1 Å². The lowest BCUT2D eigenvalue weighted by atomic mass is 10.1. The third-order valence-corrected chi connectivity index (χ3v) is 4.12. The molecule has 0 aliphatic carbocycles. The molecule has 0 spiro atoms. The molecule has 1 aliphatic rings. The molecule has 128 valence electrons. The molecule has 2 amide bonds. The van der Waals surface area contributed by atoms with Crippen LogP contribution in [0.25, 0.3) is 0 Å². The molecule has 2 aromatic rings. The van der Waals surface area contributed by atoms with Gasteiger partial charge in [0.1, 0.15) is 5.69 Å². The molecular formula is C17H16N4O4. The van der Waals surface area contributed by atoms with Crippen LogP contribution in [0.15, 0.2) is 36.4 Å². The predicted molar refractivity (Wildman–Crippen MR) is 93.3 cm³/mol. The fourth-order valence-corrected chi connectivity index (χ4v) is 2.78. The summed E-state index contributed by atoms with van der Waals surface area (Å²) in [4.78, 5) is 35.8. The summed E-state index contributed by atoms with van der Waals surface area (Å²) in [6.45, 7) is 0. The second-order valence-electron chi connectivity index (χ2n) is 5.67. The zero-order chi connectivity index (χ0) is 18.1. The minimum absolute atomic E-state index is 0.00746. The number of carbonyl (C=O) groups excluding carboxylic acids is 2. The van der Waals surface area contributed by atoms with Crippen molar-refractivity contribution in [3.63, 3.8) is 0 Å². The van der Waals surface area contributed by atoms with E-state index in [1.54, 1.807) is 30.1 Å². The minimum Gasteiger partial charge on any atom is -0.355 e. The summed E-state index contributed by atoms with van der Waals surface area (Å²) in [7, 11) is 3.17. The number of hydrogen-bond acceptors (Lipinski definition) is 5. The Kier molecular flexibility index (Phi) is 4.10. The Bertz CT molecular complexity index is 894. The molecule has 0 saturated heterocycles. The van der Waals surface area contributed by atoms with Crippen LogP contribution < -0.4 is 15.5 Å². The number of nitro benzene ring substituents is 1. The second kappa shape index (κ2) is 6.23. The van der Waals surface area contributed by atoms with Crippen LogP contribution in [0.4, 0.5) is 22.7 Å². The fraction of sp³-hybridized carbons (Fsp3) is 0.176. The van der Waals surface area contributed by atoms with Gasteiger partial charge in [0.25, 0.3) is 11.6 Å². The van der Waals surface area contributed by atoms with Gasteiger partial charge in [-0.15, -0.1) is 0 Å². The van der Waals surface area contributed by atoms with Crippen molar-refractivity contribution in [1.82, 2.24) is 5.32 Å². The molecule has 8 nitrogen and oxygen atoms in total. The van der Waals surface area contributed by atoms with E-state index in [0.717, 1.165) is 11.3 Å². The van der Waals surface area contributed by atoms with Crippen LogP contribution in [-0.4, -0.2) is 30.8 Å². The van der Waals surface area contributed by atoms with Crippen LogP contribution in [0.3, 0.4) is 0 Å². The summed E-state index contributed by atoms with van der Waals surface area (Å²) in [5.41, 5.74) is 2.62. The van der Waals surface area contributed by atoms with Crippen molar-refractivity contribution in [1.29, 1.82) is 0 Å². The van der Waals surface area contributed by atoms with Gasteiger partial charge in [0.15, 0.2) is 0 Å². The van der Waals surface area contributed by atoms with E-state index < -0.39 is 10.8 Å². The third-order valence-electron chi connectivity index (χ3n) is 4.12. The molecule has 3 rings (SSSR count). The first-order valence-electron chi connectivity index (χ1n) is 7.57. The average Bonchev–Trinajstić information content (AvgIpc) is 2.88. The highest BCUT2D eigenvalue weighted by Gasteiger charge is 2.24. The van der Waals surface area contributed by atoms with E-state index in [2.05, 4.69) is 10.6 Å². The SMILES string of the molecule is CNC(=O)c1ccc(Nc2ccc3c(c2)CC(=O)N3C)c([N+](=O)[O-])c1. The lowest BCUT2D eigenvalue weighted by molar-refractivity contribution is -0.383. The molecule has 25 heavy (non-hydrogen) atoms. The van der Waals surface area contributed by atoms with E-state index in [9.17, 15) is 19.7 Å². The van der Waals surface area contributed by atoms with Gasteiger partial charge in [-0.3, -0.25) is 19.7 Å². The molecule has 0 bridgehead atoms. The highest BCUT2D eigenvalue weighted by molar-refractivity contribution is 6.01. The number of nitrogens with zero attached hydrogens (tertiary/aromatic N) is 2. The van der Waals surface area contributed by atoms with E-state index in [-0.39, 0.29) is 22.8 Å². The Morgan fingerprint density at radius 3 is 2.68 bits per heavy atom. The van der Waals surface area contributed by atoms with E-state index >= 15 is 0 Å². The van der Waals surface area contributed by atoms with Crippen molar-refractivity contribution in [2.24, 2.45) is 0 Å². The van der Waals surface area contributed by atoms with E-state index in [0.29, 0.717) is 12.1 Å². The van der Waals surface area contributed by atoms with Crippen LogP contribution in [0.1, 0.15) is 15.9 Å². The number of rotatable bonds is 4. The van der Waals surface area contributed by atoms with Gasteiger partial charge in [-0.05, 0) is 35.9 Å². The summed E-state index contributed by atoms with van der Waals surface area (Å²) in [6.07, 6.45) is 0.305. The molecule has 0 radical (unpaired) electrons. The molecule has 1 aliphatic heterocycles. The number of anilines is 3. The predicted octanol–water partition coefficient (Wildman–Crippen LogP) is 2.22. The molecular weight excluding hydrogens is 324 g/mol. The van der Waals surface area contributed by atoms with Crippen molar-refractivity contribution in [3.8, 4) is 0 Å². The number of likely N-dealkylation sites (N-methyl/N-ethyl adjacent to an activating group) is 1. The number of carbonyl (C=O) groups is 2. The molecule has 8 heteroatoms. The quantitative estimate of drug-likeness (QED) is 0.656. The van der Waals surface area contributed by atoms with E-state index in [4.69, 9.17) is 0 Å². The third kappa shape index (κ3) is 3.01. The van der Waals surface area contributed by atoms with E-state index in [1.165, 1.54) is 25.2 Å². The Morgan fingerprint density at radius 2 is 2.00 bits per heavy atom. The van der Waals surface area contributed by atoms with Crippen molar-refractivity contribution in [3.05, 3.63) is 57.6 Å². The summed E-state index contributed by atoms with van der Waals surface area (Å²) in [5.74, 6) is -0.387. The second-order valence-corrected chi connectivity index (χ2v) is 5.67. The van der Waals surface area contributed by atoms with Crippen molar-refractivity contribution < 1.29 is 14.5 Å². The van der Waals surface area contributed by atoms with Gasteiger partial charge in [-0.1, -0.05) is 0 Å². The van der Waals surface area contributed by atoms with Crippen LogP contribution >= 0.6 is 0 Å². The number of amides is 2. The highest BCUT2D eigenvalue weighted by Crippen LogP contribution is 2.33. The van der Waals surface area contributed by atoms with Gasteiger partial charge < -0.3 is 15.5 Å². The minimum atomic E-state index is -0.542. The monoisotopic (exact) mass is 340 g/mol. The van der Waals surface area contributed by atoms with Gasteiger partial charge in [0.2, 0.25) is 5.91 Å². The Labute approximate surface area is 143 Å². The molecule has 0 fully saturated rings. The molecule has 0 atom stereocenters. The maximum atomic E-state index is 11.8. The molecule has 0 unspecified atom stereocenters. The fourth-order valence-electron chi connectivity index (χ4n) is 2.78. The Balaban J connectivity index is 1.93. The number of hydrogen-bond donors (Lipinski definition) is 2. The largest absolute Gasteiger partial charge is 0.355 e. The van der Waals surface area contributed by atoms with Gasteiger partial charge in [-0.2, -0.15) is 0 Å².